The highest BCUT2D eigenvalue weighted by Crippen LogP contribution is 2.40. The van der Waals surface area contributed by atoms with E-state index >= 15 is 0 Å². The average molecular weight is 262 g/mol. The van der Waals surface area contributed by atoms with Gasteiger partial charge in [-0.2, -0.15) is 0 Å². The van der Waals surface area contributed by atoms with E-state index in [-0.39, 0.29) is 5.97 Å². The molecule has 0 fully saturated rings. The van der Waals surface area contributed by atoms with Gasteiger partial charge in [0, 0.05) is 12.0 Å². The summed E-state index contributed by atoms with van der Waals surface area (Å²) in [4.78, 5) is 15.0. The zero-order valence-corrected chi connectivity index (χ0v) is 10.7. The van der Waals surface area contributed by atoms with Crippen LogP contribution in [0.5, 0.6) is 0 Å². The largest absolute Gasteiger partial charge is 0.462 e. The minimum Gasteiger partial charge on any atom is -0.462 e. The van der Waals surface area contributed by atoms with Crippen molar-refractivity contribution >= 4 is 17.6 Å². The van der Waals surface area contributed by atoms with Gasteiger partial charge in [0.2, 0.25) is 0 Å². The predicted octanol–water partition coefficient (Wildman–Crippen LogP) is 3.42. The summed E-state index contributed by atoms with van der Waals surface area (Å²) >= 11 is 6.10. The zero-order valence-electron chi connectivity index (χ0n) is 9.92. The van der Waals surface area contributed by atoms with E-state index in [0.29, 0.717) is 17.3 Å². The molecule has 1 N–H and O–H groups in total. The van der Waals surface area contributed by atoms with E-state index < -0.39 is 0 Å². The maximum atomic E-state index is 11.9. The van der Waals surface area contributed by atoms with Gasteiger partial charge in [-0.25, -0.2) is 4.79 Å². The first-order chi connectivity index (χ1) is 8.72. The van der Waals surface area contributed by atoms with Crippen LogP contribution in [0.2, 0.25) is 5.15 Å². The highest BCUT2D eigenvalue weighted by Gasteiger charge is 2.29. The van der Waals surface area contributed by atoms with Crippen molar-refractivity contribution in [3.05, 3.63) is 46.1 Å². The lowest BCUT2D eigenvalue weighted by atomic mass is 10.1. The second-order valence-corrected chi connectivity index (χ2v) is 4.60. The van der Waals surface area contributed by atoms with Gasteiger partial charge in [-0.3, -0.25) is 0 Å². The predicted molar refractivity (Wildman–Crippen MR) is 70.0 cm³/mol. The van der Waals surface area contributed by atoms with Crippen LogP contribution < -0.4 is 0 Å². The third-order valence-electron chi connectivity index (χ3n) is 3.19. The summed E-state index contributed by atoms with van der Waals surface area (Å²) in [6.45, 7) is 2.13. The Morgan fingerprint density at radius 1 is 1.44 bits per heavy atom. The number of ether oxygens (including phenoxy) is 1. The van der Waals surface area contributed by atoms with Crippen LogP contribution in [0.25, 0.3) is 11.3 Å². The fraction of sp³-hybridized carbons (Fsp3) is 0.214. The number of carbonyl (C=O) groups excluding carboxylic acids is 1. The number of carbonyl (C=O) groups is 1. The molecule has 1 aliphatic rings. The van der Waals surface area contributed by atoms with E-state index in [4.69, 9.17) is 16.3 Å². The molecule has 0 amide bonds. The normalized spacial score (nSPS) is 12.1. The van der Waals surface area contributed by atoms with Crippen molar-refractivity contribution in [2.24, 2.45) is 0 Å². The van der Waals surface area contributed by atoms with Crippen LogP contribution in [0, 0.1) is 0 Å². The van der Waals surface area contributed by atoms with Gasteiger partial charge in [-0.1, -0.05) is 35.9 Å². The fourth-order valence-corrected chi connectivity index (χ4v) is 2.72. The number of halogens is 1. The molecule has 2 aromatic rings. The maximum absolute atomic E-state index is 11.9. The number of hydrogen-bond acceptors (Lipinski definition) is 2. The Balaban J connectivity index is 2.12. The van der Waals surface area contributed by atoms with Crippen LogP contribution in [-0.4, -0.2) is 17.6 Å². The molecule has 1 heterocycles. The highest BCUT2D eigenvalue weighted by atomic mass is 35.5. The number of H-pyrrole nitrogens is 1. The molecule has 0 unspecified atom stereocenters. The Morgan fingerprint density at radius 3 is 3.00 bits per heavy atom. The van der Waals surface area contributed by atoms with E-state index in [9.17, 15) is 4.79 Å². The van der Waals surface area contributed by atoms with E-state index in [0.717, 1.165) is 23.2 Å². The van der Waals surface area contributed by atoms with Crippen molar-refractivity contribution < 1.29 is 9.53 Å². The van der Waals surface area contributed by atoms with Gasteiger partial charge in [0.05, 0.1) is 12.3 Å². The summed E-state index contributed by atoms with van der Waals surface area (Å²) < 4.78 is 5.05. The number of aromatic nitrogens is 1. The van der Waals surface area contributed by atoms with E-state index in [2.05, 4.69) is 11.1 Å². The third-order valence-corrected chi connectivity index (χ3v) is 3.47. The van der Waals surface area contributed by atoms with E-state index in [1.54, 1.807) is 6.92 Å². The van der Waals surface area contributed by atoms with Crippen molar-refractivity contribution in [3.63, 3.8) is 0 Å². The first-order valence-electron chi connectivity index (χ1n) is 5.88. The van der Waals surface area contributed by atoms with Crippen molar-refractivity contribution in [2.45, 2.75) is 13.3 Å². The smallest absolute Gasteiger partial charge is 0.341 e. The molecule has 0 spiro atoms. The summed E-state index contributed by atoms with van der Waals surface area (Å²) in [5.41, 5.74) is 4.69. The minimum atomic E-state index is -0.354. The second-order valence-electron chi connectivity index (χ2n) is 4.22. The molecule has 0 atom stereocenters. The molecule has 3 rings (SSSR count). The van der Waals surface area contributed by atoms with Crippen molar-refractivity contribution in [1.82, 2.24) is 4.98 Å². The molecule has 4 heteroatoms. The third kappa shape index (κ3) is 1.55. The van der Waals surface area contributed by atoms with E-state index in [1.807, 2.05) is 18.2 Å². The van der Waals surface area contributed by atoms with Crippen LogP contribution in [0.15, 0.2) is 24.3 Å². The average Bonchev–Trinajstić information content (AvgIpc) is 2.84. The number of aromatic amines is 1. The lowest BCUT2D eigenvalue weighted by Crippen LogP contribution is -2.06. The van der Waals surface area contributed by atoms with E-state index in [1.165, 1.54) is 5.56 Å². The van der Waals surface area contributed by atoms with Crippen LogP contribution in [0.1, 0.15) is 28.4 Å². The van der Waals surface area contributed by atoms with Crippen LogP contribution in [0.3, 0.4) is 0 Å². The molecule has 1 aromatic carbocycles. The quantitative estimate of drug-likeness (QED) is 0.718. The molecule has 0 radical (unpaired) electrons. The lowest BCUT2D eigenvalue weighted by Gasteiger charge is -2.02. The number of hydrogen-bond donors (Lipinski definition) is 1. The molecule has 3 nitrogen and oxygen atoms in total. The number of rotatable bonds is 2. The van der Waals surface area contributed by atoms with Gasteiger partial charge < -0.3 is 9.72 Å². The Kier molecular flexibility index (Phi) is 2.63. The van der Waals surface area contributed by atoms with Crippen LogP contribution in [0.4, 0.5) is 0 Å². The summed E-state index contributed by atoms with van der Waals surface area (Å²) in [6.07, 6.45) is 0.725. The molecule has 0 aliphatic heterocycles. The highest BCUT2D eigenvalue weighted by molar-refractivity contribution is 6.33. The minimum absolute atomic E-state index is 0.349. The van der Waals surface area contributed by atoms with Crippen LogP contribution >= 0.6 is 11.6 Å². The first kappa shape index (κ1) is 11.4. The summed E-state index contributed by atoms with van der Waals surface area (Å²) in [6, 6.07) is 8.07. The SMILES string of the molecule is CCOC(=O)c1c(Cl)[nH]c2c1Cc1ccccc1-2. The Labute approximate surface area is 110 Å². The van der Waals surface area contributed by atoms with Gasteiger partial charge in [0.15, 0.2) is 0 Å². The van der Waals surface area contributed by atoms with Gasteiger partial charge >= 0.3 is 5.97 Å². The molecule has 0 bridgehead atoms. The monoisotopic (exact) mass is 261 g/mol. The van der Waals surface area contributed by atoms with Gasteiger partial charge in [-0.05, 0) is 18.1 Å². The number of fused-ring (bicyclic) bond motifs is 3. The topological polar surface area (TPSA) is 42.1 Å². The molecule has 0 saturated heterocycles. The summed E-state index contributed by atoms with van der Waals surface area (Å²) in [7, 11) is 0. The molecular weight excluding hydrogens is 250 g/mol. The van der Waals surface area contributed by atoms with Crippen LogP contribution in [-0.2, 0) is 11.2 Å². The lowest BCUT2D eigenvalue weighted by molar-refractivity contribution is 0.0526. The van der Waals surface area contributed by atoms with Gasteiger partial charge in [-0.15, -0.1) is 0 Å². The van der Waals surface area contributed by atoms with Crippen molar-refractivity contribution in [2.75, 3.05) is 6.61 Å². The van der Waals surface area contributed by atoms with Gasteiger partial charge in [0.25, 0.3) is 0 Å². The van der Waals surface area contributed by atoms with Gasteiger partial charge in [0.1, 0.15) is 10.7 Å². The summed E-state index contributed by atoms with van der Waals surface area (Å²) in [5.74, 6) is -0.354. The zero-order chi connectivity index (χ0) is 12.7. The number of benzene rings is 1. The summed E-state index contributed by atoms with van der Waals surface area (Å²) in [5, 5.41) is 0.368. The molecule has 1 aromatic heterocycles. The molecule has 0 saturated carbocycles. The standard InChI is InChI=1S/C14H12ClNO2/c1-2-18-14(17)11-10-7-8-5-3-4-6-9(8)12(10)16-13(11)15/h3-6,16H,2,7H2,1H3. The van der Waals surface area contributed by atoms with Crippen molar-refractivity contribution in [1.29, 1.82) is 0 Å². The fourth-order valence-electron chi connectivity index (χ4n) is 2.44. The Hall–Kier alpha value is -1.74. The molecule has 18 heavy (non-hydrogen) atoms. The maximum Gasteiger partial charge on any atom is 0.341 e. The molecule has 92 valence electrons. The Bertz CT molecular complexity index is 631. The first-order valence-corrected chi connectivity index (χ1v) is 6.26. The van der Waals surface area contributed by atoms with Crippen molar-refractivity contribution in [3.8, 4) is 11.3 Å². The number of esters is 1. The Morgan fingerprint density at radius 2 is 2.22 bits per heavy atom. The molecular formula is C14H12ClNO2. The number of nitrogens with one attached hydrogen (secondary N) is 1. The molecule has 1 aliphatic carbocycles. The second kappa shape index (κ2) is 4.18.